The summed E-state index contributed by atoms with van der Waals surface area (Å²) in [6.45, 7) is 12.7. The smallest absolute Gasteiger partial charge is 0.224 e. The van der Waals surface area contributed by atoms with Crippen molar-refractivity contribution in [3.8, 4) is 0 Å². The molecule has 1 fully saturated rings. The van der Waals surface area contributed by atoms with Gasteiger partial charge in [-0.2, -0.15) is 5.10 Å². The first kappa shape index (κ1) is 32.5. The highest BCUT2D eigenvalue weighted by molar-refractivity contribution is 7.97. The van der Waals surface area contributed by atoms with Crippen molar-refractivity contribution in [2.45, 2.75) is 90.4 Å². The van der Waals surface area contributed by atoms with Gasteiger partial charge in [0.25, 0.3) is 0 Å². The van der Waals surface area contributed by atoms with E-state index in [4.69, 9.17) is 5.73 Å². The zero-order valence-corrected chi connectivity index (χ0v) is 25.2. The van der Waals surface area contributed by atoms with Gasteiger partial charge in [-0.15, -0.1) is 0 Å². The maximum atomic E-state index is 11.9. The number of pyridine rings is 1. The maximum Gasteiger partial charge on any atom is 0.224 e. The van der Waals surface area contributed by atoms with Gasteiger partial charge >= 0.3 is 0 Å². The molecule has 0 unspecified atom stereocenters. The van der Waals surface area contributed by atoms with E-state index in [2.05, 4.69) is 54.5 Å². The van der Waals surface area contributed by atoms with Crippen molar-refractivity contribution in [3.05, 3.63) is 59.9 Å². The number of anilines is 1. The largest absolute Gasteiger partial charge is 0.330 e. The number of benzene rings is 1. The van der Waals surface area contributed by atoms with Crippen LogP contribution in [0.3, 0.4) is 0 Å². The van der Waals surface area contributed by atoms with Crippen LogP contribution in [0.4, 0.5) is 5.69 Å². The van der Waals surface area contributed by atoms with E-state index in [0.29, 0.717) is 30.9 Å². The van der Waals surface area contributed by atoms with E-state index in [1.807, 2.05) is 30.5 Å². The van der Waals surface area contributed by atoms with Crippen molar-refractivity contribution in [2.24, 2.45) is 5.73 Å². The third kappa shape index (κ3) is 10.8. The van der Waals surface area contributed by atoms with Gasteiger partial charge in [-0.05, 0) is 92.6 Å². The summed E-state index contributed by atoms with van der Waals surface area (Å²) >= 11 is 1.76. The van der Waals surface area contributed by atoms with Crippen LogP contribution in [0.5, 0.6) is 0 Å². The van der Waals surface area contributed by atoms with Gasteiger partial charge in [0, 0.05) is 36.3 Å². The summed E-state index contributed by atoms with van der Waals surface area (Å²) < 4.78 is 4.17. The van der Waals surface area contributed by atoms with E-state index in [9.17, 15) is 9.59 Å². The number of unbranched alkanes of at least 4 members (excludes halogenated alkanes) is 1. The number of piperidine rings is 1. The van der Waals surface area contributed by atoms with Gasteiger partial charge in [0.1, 0.15) is 0 Å². The van der Waals surface area contributed by atoms with E-state index < -0.39 is 0 Å². The lowest BCUT2D eigenvalue weighted by atomic mass is 9.90. The molecule has 3 aromatic rings. The number of rotatable bonds is 9. The SMILES string of the molecule is CC(=O)c1cnn2ccc(C3CCN(Sc4ccc(NC(=O)CCCN)cc4)CC3)cc12.CCC.CCCC. The van der Waals surface area contributed by atoms with Crippen molar-refractivity contribution in [1.82, 2.24) is 13.9 Å². The molecule has 7 nitrogen and oxygen atoms in total. The highest BCUT2D eigenvalue weighted by atomic mass is 32.2. The Morgan fingerprint density at radius 2 is 1.69 bits per heavy atom. The molecular weight excluding hydrogens is 506 g/mol. The Morgan fingerprint density at radius 1 is 1.05 bits per heavy atom. The molecule has 8 heteroatoms. The number of hydrogen-bond acceptors (Lipinski definition) is 6. The number of Topliss-reactive ketones (excluding diaryl/α,β-unsaturated/α-hetero) is 1. The number of amides is 1. The molecule has 0 radical (unpaired) electrons. The topological polar surface area (TPSA) is 92.7 Å². The zero-order chi connectivity index (χ0) is 28.6. The number of carbonyl (C=O) groups excluding carboxylic acids is 2. The fourth-order valence-electron chi connectivity index (χ4n) is 4.04. The highest BCUT2D eigenvalue weighted by Crippen LogP contribution is 2.34. The van der Waals surface area contributed by atoms with Crippen LogP contribution in [0.25, 0.3) is 5.52 Å². The Labute approximate surface area is 239 Å². The van der Waals surface area contributed by atoms with Crippen LogP contribution in [-0.4, -0.2) is 45.2 Å². The van der Waals surface area contributed by atoms with Crippen LogP contribution in [0.15, 0.2) is 53.7 Å². The average molecular weight is 554 g/mol. The van der Waals surface area contributed by atoms with Crippen LogP contribution < -0.4 is 11.1 Å². The summed E-state index contributed by atoms with van der Waals surface area (Å²) in [6.07, 6.45) is 10.8. The molecule has 1 aliphatic heterocycles. The Kier molecular flexibility index (Phi) is 14.9. The number of nitrogens with two attached hydrogens (primary N) is 1. The molecule has 0 spiro atoms. The standard InChI is InChI=1S/C24H29N5O2S.C4H10.C3H8/c1-17(30)22-16-26-29-14-10-19(15-23(22)29)18-8-12-28(13-9-18)32-21-6-4-20(5-7-21)27-24(31)3-2-11-25;1-3-4-2;1-3-2/h4-7,10,14-16,18H,2-3,8-9,11-13,25H2,1H3,(H,27,31);3-4H2,1-2H3;3H2,1-2H3. The molecule has 1 aromatic carbocycles. The predicted molar refractivity (Wildman–Crippen MR) is 165 cm³/mol. The normalized spacial score (nSPS) is 13.7. The summed E-state index contributed by atoms with van der Waals surface area (Å²) in [5, 5.41) is 7.18. The summed E-state index contributed by atoms with van der Waals surface area (Å²) in [7, 11) is 0. The summed E-state index contributed by atoms with van der Waals surface area (Å²) in [5.74, 6) is 0.532. The van der Waals surface area contributed by atoms with Crippen LogP contribution in [0.2, 0.25) is 0 Å². The number of carbonyl (C=O) groups is 2. The molecule has 3 heterocycles. The third-order valence-corrected chi connectivity index (χ3v) is 7.44. The van der Waals surface area contributed by atoms with Crippen molar-refractivity contribution in [2.75, 3.05) is 25.0 Å². The minimum absolute atomic E-state index is 0.00228. The first-order chi connectivity index (χ1) is 18.9. The quantitative estimate of drug-likeness (QED) is 0.213. The predicted octanol–water partition coefficient (Wildman–Crippen LogP) is 7.32. The fraction of sp³-hybridized carbons (Fsp3) is 0.516. The average Bonchev–Trinajstić information content (AvgIpc) is 3.38. The van der Waals surface area contributed by atoms with Crippen molar-refractivity contribution < 1.29 is 9.59 Å². The minimum atomic E-state index is 0.00228. The highest BCUT2D eigenvalue weighted by Gasteiger charge is 2.22. The van der Waals surface area contributed by atoms with Crippen molar-refractivity contribution in [3.63, 3.8) is 0 Å². The second-order valence-corrected chi connectivity index (χ2v) is 11.0. The molecule has 1 saturated heterocycles. The molecule has 0 saturated carbocycles. The Morgan fingerprint density at radius 3 is 2.26 bits per heavy atom. The Hall–Kier alpha value is -2.68. The number of nitrogens with one attached hydrogen (secondary N) is 1. The van der Waals surface area contributed by atoms with E-state index >= 15 is 0 Å². The van der Waals surface area contributed by atoms with E-state index in [0.717, 1.165) is 42.0 Å². The maximum absolute atomic E-state index is 11.9. The van der Waals surface area contributed by atoms with Gasteiger partial charge < -0.3 is 11.1 Å². The van der Waals surface area contributed by atoms with E-state index in [1.165, 1.54) is 24.8 Å². The minimum Gasteiger partial charge on any atom is -0.330 e. The van der Waals surface area contributed by atoms with Gasteiger partial charge in [-0.3, -0.25) is 9.59 Å². The monoisotopic (exact) mass is 553 g/mol. The number of aromatic nitrogens is 2. The lowest BCUT2D eigenvalue weighted by Gasteiger charge is -2.31. The van der Waals surface area contributed by atoms with E-state index in [1.54, 1.807) is 29.6 Å². The third-order valence-electron chi connectivity index (χ3n) is 6.33. The molecule has 1 aliphatic rings. The van der Waals surface area contributed by atoms with Crippen molar-refractivity contribution in [1.29, 1.82) is 0 Å². The van der Waals surface area contributed by atoms with Gasteiger partial charge in [-0.1, -0.05) is 47.0 Å². The number of ketones is 1. The Balaban J connectivity index is 0.000000686. The molecule has 4 rings (SSSR count). The second-order valence-electron chi connectivity index (χ2n) is 9.87. The van der Waals surface area contributed by atoms with Crippen LogP contribution in [0.1, 0.15) is 101 Å². The van der Waals surface area contributed by atoms with Gasteiger partial charge in [0.05, 0.1) is 17.3 Å². The molecule has 3 N–H and O–H groups in total. The lowest BCUT2D eigenvalue weighted by molar-refractivity contribution is -0.116. The first-order valence-electron chi connectivity index (χ1n) is 14.4. The lowest BCUT2D eigenvalue weighted by Crippen LogP contribution is -2.27. The summed E-state index contributed by atoms with van der Waals surface area (Å²) in [5.41, 5.74) is 9.11. The number of hydrogen-bond donors (Lipinski definition) is 2. The first-order valence-corrected chi connectivity index (χ1v) is 15.1. The molecule has 0 aliphatic carbocycles. The molecular formula is C31H47N5O2S. The van der Waals surface area contributed by atoms with Gasteiger partial charge in [-0.25, -0.2) is 8.82 Å². The molecule has 214 valence electrons. The van der Waals surface area contributed by atoms with Crippen LogP contribution >= 0.6 is 11.9 Å². The van der Waals surface area contributed by atoms with Crippen molar-refractivity contribution >= 4 is 34.8 Å². The molecule has 0 atom stereocenters. The van der Waals surface area contributed by atoms with Crippen LogP contribution in [0, 0.1) is 0 Å². The van der Waals surface area contributed by atoms with Gasteiger partial charge in [0.2, 0.25) is 5.91 Å². The van der Waals surface area contributed by atoms with Crippen LogP contribution in [-0.2, 0) is 4.79 Å². The molecule has 1 amide bonds. The fourth-order valence-corrected chi connectivity index (χ4v) is 4.99. The van der Waals surface area contributed by atoms with Gasteiger partial charge in [0.15, 0.2) is 5.78 Å². The zero-order valence-electron chi connectivity index (χ0n) is 24.4. The second kappa shape index (κ2) is 17.8. The number of fused-ring (bicyclic) bond motifs is 1. The molecule has 2 aromatic heterocycles. The molecule has 39 heavy (non-hydrogen) atoms. The Bertz CT molecular complexity index is 1140. The summed E-state index contributed by atoms with van der Waals surface area (Å²) in [4.78, 5) is 24.8. The molecule has 0 bridgehead atoms. The van der Waals surface area contributed by atoms with E-state index in [-0.39, 0.29) is 11.7 Å². The summed E-state index contributed by atoms with van der Waals surface area (Å²) in [6, 6.07) is 12.2. The number of nitrogens with zero attached hydrogens (tertiary/aromatic N) is 3.